The van der Waals surface area contributed by atoms with Gasteiger partial charge in [0.25, 0.3) is 0 Å². The van der Waals surface area contributed by atoms with Gasteiger partial charge in [0, 0.05) is 42.5 Å². The van der Waals surface area contributed by atoms with Gasteiger partial charge in [-0.3, -0.25) is 10.8 Å². The van der Waals surface area contributed by atoms with Gasteiger partial charge in [-0.1, -0.05) is 41.9 Å². The largest absolute Gasteiger partial charge is 0.470 e. The van der Waals surface area contributed by atoms with Crippen molar-refractivity contribution in [3.05, 3.63) is 59.6 Å². The minimum atomic E-state index is -0.437. The van der Waals surface area contributed by atoms with Gasteiger partial charge in [0.15, 0.2) is 11.6 Å². The van der Waals surface area contributed by atoms with Crippen LogP contribution in [0.1, 0.15) is 6.92 Å². The molecule has 7 heteroatoms. The Hall–Kier alpha value is -2.70. The standard InChI is InChI=1S/C21H24ClN5O/c1-15(23)28-20-19(16-7-9-17(22)10-8-16)24-25-21(20)27-13-11-26(12-14-27)18-5-3-2-4-6-18/h2-10,15H,11-14,23H2,1H3,(H,24,25). The molecule has 1 atom stereocenters. The Morgan fingerprint density at radius 3 is 2.29 bits per heavy atom. The fourth-order valence-electron chi connectivity index (χ4n) is 3.46. The van der Waals surface area contributed by atoms with E-state index < -0.39 is 6.23 Å². The molecular weight excluding hydrogens is 374 g/mol. The van der Waals surface area contributed by atoms with Crippen LogP contribution in [0.4, 0.5) is 11.5 Å². The van der Waals surface area contributed by atoms with Crippen LogP contribution >= 0.6 is 11.6 Å². The van der Waals surface area contributed by atoms with Crippen molar-refractivity contribution in [2.45, 2.75) is 13.2 Å². The Morgan fingerprint density at radius 1 is 1.00 bits per heavy atom. The van der Waals surface area contributed by atoms with Crippen LogP contribution in [0.25, 0.3) is 11.3 Å². The molecule has 1 fully saturated rings. The quantitative estimate of drug-likeness (QED) is 0.642. The fourth-order valence-corrected chi connectivity index (χ4v) is 3.59. The number of benzene rings is 2. The van der Waals surface area contributed by atoms with Crippen LogP contribution in [0.5, 0.6) is 5.75 Å². The Morgan fingerprint density at radius 2 is 1.64 bits per heavy atom. The highest BCUT2D eigenvalue weighted by atomic mass is 35.5. The van der Waals surface area contributed by atoms with E-state index in [-0.39, 0.29) is 0 Å². The summed E-state index contributed by atoms with van der Waals surface area (Å²) in [5.41, 5.74) is 8.96. The number of piperazine rings is 1. The van der Waals surface area contributed by atoms with Crippen molar-refractivity contribution in [1.29, 1.82) is 0 Å². The maximum Gasteiger partial charge on any atom is 0.193 e. The number of halogens is 1. The van der Waals surface area contributed by atoms with Crippen LogP contribution in [-0.4, -0.2) is 42.6 Å². The summed E-state index contributed by atoms with van der Waals surface area (Å²) in [4.78, 5) is 4.63. The average molecular weight is 398 g/mol. The number of rotatable bonds is 5. The van der Waals surface area contributed by atoms with Gasteiger partial charge in [0.05, 0.1) is 0 Å². The second-order valence-electron chi connectivity index (χ2n) is 6.89. The molecule has 2 heterocycles. The zero-order chi connectivity index (χ0) is 19.5. The summed E-state index contributed by atoms with van der Waals surface area (Å²) in [6.07, 6.45) is -0.437. The lowest BCUT2D eigenvalue weighted by molar-refractivity contribution is 0.231. The molecule has 28 heavy (non-hydrogen) atoms. The number of aromatic nitrogens is 2. The summed E-state index contributed by atoms with van der Waals surface area (Å²) in [7, 11) is 0. The molecule has 1 aromatic heterocycles. The second-order valence-corrected chi connectivity index (χ2v) is 7.33. The Labute approximate surface area is 169 Å². The SMILES string of the molecule is CC(N)Oc1c(N2CCN(c3ccccc3)CC2)n[nH]c1-c1ccc(Cl)cc1. The Bertz CT molecular complexity index is 902. The highest BCUT2D eigenvalue weighted by Gasteiger charge is 2.26. The predicted molar refractivity (Wildman–Crippen MR) is 114 cm³/mol. The van der Waals surface area contributed by atoms with E-state index in [1.807, 2.05) is 37.3 Å². The van der Waals surface area contributed by atoms with Crippen molar-refractivity contribution in [1.82, 2.24) is 10.2 Å². The van der Waals surface area contributed by atoms with Gasteiger partial charge in [-0.2, -0.15) is 5.10 Å². The number of H-pyrrole nitrogens is 1. The summed E-state index contributed by atoms with van der Waals surface area (Å²) in [5.74, 6) is 1.49. The van der Waals surface area contributed by atoms with Gasteiger partial charge < -0.3 is 14.5 Å². The first-order chi connectivity index (χ1) is 13.6. The van der Waals surface area contributed by atoms with Crippen LogP contribution in [0.3, 0.4) is 0 Å². The molecular formula is C21H24ClN5O. The molecule has 1 unspecified atom stereocenters. The van der Waals surface area contributed by atoms with Crippen LogP contribution in [0.2, 0.25) is 5.02 Å². The summed E-state index contributed by atoms with van der Waals surface area (Å²) >= 11 is 6.02. The zero-order valence-corrected chi connectivity index (χ0v) is 16.6. The van der Waals surface area contributed by atoms with E-state index in [0.717, 1.165) is 43.3 Å². The maximum absolute atomic E-state index is 6.02. The lowest BCUT2D eigenvalue weighted by atomic mass is 10.1. The number of anilines is 2. The molecule has 146 valence electrons. The normalized spacial score (nSPS) is 15.5. The number of hydrogen-bond acceptors (Lipinski definition) is 5. The van der Waals surface area contributed by atoms with Crippen molar-refractivity contribution in [2.24, 2.45) is 5.73 Å². The summed E-state index contributed by atoms with van der Waals surface area (Å²) in [6.45, 7) is 5.37. The molecule has 1 saturated heterocycles. The van der Waals surface area contributed by atoms with Crippen molar-refractivity contribution in [3.8, 4) is 17.0 Å². The first-order valence-corrected chi connectivity index (χ1v) is 9.81. The number of hydrogen-bond donors (Lipinski definition) is 2. The molecule has 1 aliphatic rings. The molecule has 6 nitrogen and oxygen atoms in total. The third kappa shape index (κ3) is 3.93. The van der Waals surface area contributed by atoms with Crippen molar-refractivity contribution < 1.29 is 4.74 Å². The average Bonchev–Trinajstić information content (AvgIpc) is 3.12. The first kappa shape index (κ1) is 18.7. The topological polar surface area (TPSA) is 70.4 Å². The van der Waals surface area contributed by atoms with Crippen LogP contribution in [0.15, 0.2) is 54.6 Å². The molecule has 0 saturated carbocycles. The lowest BCUT2D eigenvalue weighted by Gasteiger charge is -2.36. The molecule has 0 amide bonds. The lowest BCUT2D eigenvalue weighted by Crippen LogP contribution is -2.46. The third-order valence-electron chi connectivity index (χ3n) is 4.84. The highest BCUT2D eigenvalue weighted by molar-refractivity contribution is 6.30. The minimum absolute atomic E-state index is 0.437. The molecule has 3 N–H and O–H groups in total. The minimum Gasteiger partial charge on any atom is -0.470 e. The molecule has 2 aromatic carbocycles. The smallest absolute Gasteiger partial charge is 0.193 e. The van der Waals surface area contributed by atoms with Gasteiger partial charge >= 0.3 is 0 Å². The molecule has 0 spiro atoms. The summed E-state index contributed by atoms with van der Waals surface area (Å²) in [5, 5.41) is 8.38. The number of nitrogens with zero attached hydrogens (tertiary/aromatic N) is 3. The van der Waals surface area contributed by atoms with Gasteiger partial charge in [0.1, 0.15) is 11.9 Å². The van der Waals surface area contributed by atoms with E-state index in [4.69, 9.17) is 22.1 Å². The molecule has 3 aromatic rings. The first-order valence-electron chi connectivity index (χ1n) is 9.43. The molecule has 4 rings (SSSR count). The molecule has 0 bridgehead atoms. The number of para-hydroxylation sites is 1. The van der Waals surface area contributed by atoms with Gasteiger partial charge in [-0.05, 0) is 31.2 Å². The number of ether oxygens (including phenoxy) is 1. The molecule has 0 aliphatic carbocycles. The fraction of sp³-hybridized carbons (Fsp3) is 0.286. The predicted octanol–water partition coefficient (Wildman–Crippen LogP) is 3.74. The zero-order valence-electron chi connectivity index (χ0n) is 15.8. The van der Waals surface area contributed by atoms with E-state index in [1.54, 1.807) is 0 Å². The van der Waals surface area contributed by atoms with Crippen molar-refractivity contribution >= 4 is 23.1 Å². The monoisotopic (exact) mass is 397 g/mol. The van der Waals surface area contributed by atoms with Gasteiger partial charge in [-0.25, -0.2) is 0 Å². The molecule has 0 radical (unpaired) electrons. The number of aromatic amines is 1. The van der Waals surface area contributed by atoms with Crippen molar-refractivity contribution in [2.75, 3.05) is 36.0 Å². The number of nitrogens with one attached hydrogen (secondary N) is 1. The van der Waals surface area contributed by atoms with Crippen LogP contribution in [0, 0.1) is 0 Å². The number of nitrogens with two attached hydrogens (primary N) is 1. The van der Waals surface area contributed by atoms with E-state index in [0.29, 0.717) is 10.8 Å². The van der Waals surface area contributed by atoms with Crippen LogP contribution < -0.4 is 20.3 Å². The summed E-state index contributed by atoms with van der Waals surface area (Å²) in [6, 6.07) is 18.1. The van der Waals surface area contributed by atoms with E-state index >= 15 is 0 Å². The third-order valence-corrected chi connectivity index (χ3v) is 5.09. The Balaban J connectivity index is 1.57. The Kier molecular flexibility index (Phi) is 5.41. The maximum atomic E-state index is 6.02. The van der Waals surface area contributed by atoms with E-state index in [1.165, 1.54) is 5.69 Å². The van der Waals surface area contributed by atoms with Crippen LogP contribution in [-0.2, 0) is 0 Å². The van der Waals surface area contributed by atoms with E-state index in [9.17, 15) is 0 Å². The van der Waals surface area contributed by atoms with Gasteiger partial charge in [-0.15, -0.1) is 0 Å². The highest BCUT2D eigenvalue weighted by Crippen LogP contribution is 2.37. The van der Waals surface area contributed by atoms with Gasteiger partial charge in [0.2, 0.25) is 0 Å². The second kappa shape index (κ2) is 8.12. The summed E-state index contributed by atoms with van der Waals surface area (Å²) < 4.78 is 5.96. The van der Waals surface area contributed by atoms with E-state index in [2.05, 4.69) is 44.3 Å². The van der Waals surface area contributed by atoms with Crippen molar-refractivity contribution in [3.63, 3.8) is 0 Å². The molecule has 1 aliphatic heterocycles.